The predicted octanol–water partition coefficient (Wildman–Crippen LogP) is 5.03. The van der Waals surface area contributed by atoms with Crippen LogP contribution in [0.4, 0.5) is 0 Å². The molecule has 0 fully saturated rings. The Labute approximate surface area is 147 Å². The Kier molecular flexibility index (Phi) is 13.1. The van der Waals surface area contributed by atoms with Crippen molar-refractivity contribution in [2.75, 3.05) is 39.3 Å². The van der Waals surface area contributed by atoms with Crippen molar-refractivity contribution in [3.63, 3.8) is 0 Å². The van der Waals surface area contributed by atoms with E-state index in [0.717, 1.165) is 0 Å². The van der Waals surface area contributed by atoms with Gasteiger partial charge >= 0.3 is 0 Å². The molecule has 0 aromatic heterocycles. The van der Waals surface area contributed by atoms with E-state index in [1.807, 2.05) is 0 Å². The van der Waals surface area contributed by atoms with Crippen LogP contribution in [0.2, 0.25) is 0 Å². The van der Waals surface area contributed by atoms with Gasteiger partial charge in [0.05, 0.1) is 0 Å². The molecule has 0 amide bonds. The van der Waals surface area contributed by atoms with E-state index in [4.69, 9.17) is 0 Å². The third-order valence-corrected chi connectivity index (χ3v) is 4.76. The van der Waals surface area contributed by atoms with Gasteiger partial charge in [-0.2, -0.15) is 0 Å². The Hall–Kier alpha value is -0.120. The van der Waals surface area contributed by atoms with E-state index in [-0.39, 0.29) is 5.79 Å². The molecular formula is C20H45N3. The summed E-state index contributed by atoms with van der Waals surface area (Å²) < 4.78 is 0. The lowest BCUT2D eigenvalue weighted by Crippen LogP contribution is -2.69. The monoisotopic (exact) mass is 327 g/mol. The second kappa shape index (κ2) is 13.2. The zero-order valence-electron chi connectivity index (χ0n) is 17.3. The van der Waals surface area contributed by atoms with Crippen molar-refractivity contribution < 1.29 is 0 Å². The highest BCUT2D eigenvalue weighted by Gasteiger charge is 2.41. The standard InChI is InChI=1S/C20H45N3/c1-8-14-21(15-9-2)20(7,22(16-10-3)17-11-4)23(18-12-5)19-13-6/h8-19H2,1-7H3. The first-order valence-electron chi connectivity index (χ1n) is 10.3. The molecule has 0 atom stereocenters. The molecule has 0 aromatic carbocycles. The first kappa shape index (κ1) is 22.9. The van der Waals surface area contributed by atoms with Crippen molar-refractivity contribution in [2.24, 2.45) is 0 Å². The van der Waals surface area contributed by atoms with Crippen LogP contribution in [0.1, 0.15) is 87.0 Å². The molecule has 0 aromatic rings. The molecule has 0 heterocycles. The Morgan fingerprint density at radius 3 is 0.739 bits per heavy atom. The summed E-state index contributed by atoms with van der Waals surface area (Å²) in [6.45, 7) is 23.6. The van der Waals surface area contributed by atoms with E-state index >= 15 is 0 Å². The third-order valence-electron chi connectivity index (χ3n) is 4.76. The highest BCUT2D eigenvalue weighted by molar-refractivity contribution is 4.87. The largest absolute Gasteiger partial charge is 0.273 e. The summed E-state index contributed by atoms with van der Waals surface area (Å²) in [7, 11) is 0. The minimum Gasteiger partial charge on any atom is -0.273 e. The molecule has 3 heteroatoms. The van der Waals surface area contributed by atoms with Crippen molar-refractivity contribution in [3.05, 3.63) is 0 Å². The van der Waals surface area contributed by atoms with Gasteiger partial charge in [0.25, 0.3) is 0 Å². The lowest BCUT2D eigenvalue weighted by molar-refractivity contribution is -0.159. The summed E-state index contributed by atoms with van der Waals surface area (Å²) in [5.41, 5.74) is 0. The Morgan fingerprint density at radius 1 is 0.435 bits per heavy atom. The minimum atomic E-state index is 0.0596. The highest BCUT2D eigenvalue weighted by atomic mass is 15.6. The van der Waals surface area contributed by atoms with Crippen LogP contribution in [0.15, 0.2) is 0 Å². The molecule has 140 valence electrons. The molecular weight excluding hydrogens is 282 g/mol. The molecule has 0 N–H and O–H groups in total. The summed E-state index contributed by atoms with van der Waals surface area (Å²) in [6, 6.07) is 0. The van der Waals surface area contributed by atoms with Crippen LogP contribution < -0.4 is 0 Å². The van der Waals surface area contributed by atoms with Gasteiger partial charge in [-0.25, -0.2) is 0 Å². The number of rotatable bonds is 15. The van der Waals surface area contributed by atoms with E-state index in [0.29, 0.717) is 0 Å². The molecule has 0 saturated carbocycles. The highest BCUT2D eigenvalue weighted by Crippen LogP contribution is 2.27. The van der Waals surface area contributed by atoms with Crippen LogP contribution in [0, 0.1) is 0 Å². The molecule has 0 rings (SSSR count). The molecule has 0 saturated heterocycles. The Balaban J connectivity index is 5.73. The van der Waals surface area contributed by atoms with Crippen molar-refractivity contribution in [2.45, 2.75) is 92.8 Å². The molecule has 23 heavy (non-hydrogen) atoms. The van der Waals surface area contributed by atoms with Crippen LogP contribution in [0.25, 0.3) is 0 Å². The van der Waals surface area contributed by atoms with E-state index in [2.05, 4.69) is 63.2 Å². The maximum Gasteiger partial charge on any atom is 0.128 e. The number of hydrogen-bond donors (Lipinski definition) is 0. The molecule has 0 aliphatic heterocycles. The molecule has 0 aliphatic carbocycles. The van der Waals surface area contributed by atoms with Gasteiger partial charge in [-0.15, -0.1) is 0 Å². The van der Waals surface area contributed by atoms with Gasteiger partial charge in [-0.3, -0.25) is 14.7 Å². The maximum atomic E-state index is 2.75. The van der Waals surface area contributed by atoms with Crippen LogP contribution in [-0.4, -0.2) is 59.8 Å². The van der Waals surface area contributed by atoms with E-state index < -0.39 is 0 Å². The van der Waals surface area contributed by atoms with Crippen LogP contribution >= 0.6 is 0 Å². The SMILES string of the molecule is CCCN(CCC)C(C)(N(CCC)CCC)N(CCC)CCC. The van der Waals surface area contributed by atoms with E-state index in [1.165, 1.54) is 77.8 Å². The third kappa shape index (κ3) is 6.72. The maximum absolute atomic E-state index is 2.75. The topological polar surface area (TPSA) is 9.72 Å². The lowest BCUT2D eigenvalue weighted by atomic mass is 10.1. The fourth-order valence-corrected chi connectivity index (χ4v) is 3.83. The predicted molar refractivity (Wildman–Crippen MR) is 105 cm³/mol. The fourth-order valence-electron chi connectivity index (χ4n) is 3.83. The summed E-state index contributed by atoms with van der Waals surface area (Å²) in [6.07, 6.45) is 7.38. The average Bonchev–Trinajstić information content (AvgIpc) is 2.53. The van der Waals surface area contributed by atoms with E-state index in [9.17, 15) is 0 Å². The van der Waals surface area contributed by atoms with Gasteiger partial charge in [0, 0.05) is 39.3 Å². The smallest absolute Gasteiger partial charge is 0.128 e. The lowest BCUT2D eigenvalue weighted by Gasteiger charge is -2.55. The molecule has 3 nitrogen and oxygen atoms in total. The quantitative estimate of drug-likeness (QED) is 0.391. The first-order chi connectivity index (χ1) is 11.1. The summed E-state index contributed by atoms with van der Waals surface area (Å²) in [5.74, 6) is 0.0596. The minimum absolute atomic E-state index is 0.0596. The van der Waals surface area contributed by atoms with Crippen molar-refractivity contribution in [1.82, 2.24) is 14.7 Å². The number of hydrogen-bond acceptors (Lipinski definition) is 3. The summed E-state index contributed by atoms with van der Waals surface area (Å²) in [4.78, 5) is 8.26. The van der Waals surface area contributed by atoms with Crippen LogP contribution in [0.3, 0.4) is 0 Å². The van der Waals surface area contributed by atoms with Crippen molar-refractivity contribution in [1.29, 1.82) is 0 Å². The zero-order valence-corrected chi connectivity index (χ0v) is 17.3. The molecule has 0 radical (unpaired) electrons. The van der Waals surface area contributed by atoms with Crippen LogP contribution in [0.5, 0.6) is 0 Å². The second-order valence-corrected chi connectivity index (χ2v) is 6.93. The van der Waals surface area contributed by atoms with Gasteiger partial charge < -0.3 is 0 Å². The van der Waals surface area contributed by atoms with E-state index in [1.54, 1.807) is 0 Å². The normalized spacial score (nSPS) is 12.8. The Morgan fingerprint density at radius 2 is 0.609 bits per heavy atom. The molecule has 0 spiro atoms. The zero-order chi connectivity index (χ0) is 17.7. The van der Waals surface area contributed by atoms with Gasteiger partial charge in [0.1, 0.15) is 5.79 Å². The molecule has 0 aliphatic rings. The Bertz CT molecular complexity index is 209. The molecule has 0 bridgehead atoms. The number of nitrogens with zero attached hydrogens (tertiary/aromatic N) is 3. The van der Waals surface area contributed by atoms with Crippen molar-refractivity contribution >= 4 is 0 Å². The van der Waals surface area contributed by atoms with Gasteiger partial charge in [0.2, 0.25) is 0 Å². The second-order valence-electron chi connectivity index (χ2n) is 6.93. The fraction of sp³-hybridized carbons (Fsp3) is 1.00. The van der Waals surface area contributed by atoms with Gasteiger partial charge in [-0.1, -0.05) is 41.5 Å². The molecule has 0 unspecified atom stereocenters. The summed E-state index contributed by atoms with van der Waals surface area (Å²) >= 11 is 0. The van der Waals surface area contributed by atoms with Crippen molar-refractivity contribution in [3.8, 4) is 0 Å². The summed E-state index contributed by atoms with van der Waals surface area (Å²) in [5, 5.41) is 0. The van der Waals surface area contributed by atoms with Crippen LogP contribution in [-0.2, 0) is 0 Å². The van der Waals surface area contributed by atoms with Gasteiger partial charge in [-0.05, 0) is 45.4 Å². The first-order valence-corrected chi connectivity index (χ1v) is 10.3. The average molecular weight is 328 g/mol. The van der Waals surface area contributed by atoms with Gasteiger partial charge in [0.15, 0.2) is 0 Å².